The summed E-state index contributed by atoms with van der Waals surface area (Å²) in [5.74, 6) is -0.394. The van der Waals surface area contributed by atoms with Gasteiger partial charge in [0.05, 0.1) is 10.5 Å². The van der Waals surface area contributed by atoms with Crippen molar-refractivity contribution in [1.82, 2.24) is 0 Å². The quantitative estimate of drug-likeness (QED) is 0.419. The van der Waals surface area contributed by atoms with E-state index in [1.54, 1.807) is 12.1 Å². The van der Waals surface area contributed by atoms with Crippen molar-refractivity contribution in [2.75, 3.05) is 0 Å². The van der Waals surface area contributed by atoms with Gasteiger partial charge in [-0.05, 0) is 41.1 Å². The van der Waals surface area contributed by atoms with Gasteiger partial charge in [0.1, 0.15) is 15.9 Å². The second-order valence-electron chi connectivity index (χ2n) is 4.88. The van der Waals surface area contributed by atoms with Crippen LogP contribution in [0.25, 0.3) is 10.8 Å². The third-order valence-corrected chi connectivity index (χ3v) is 4.12. The number of hydrogen-bond acceptors (Lipinski definition) is 5. The number of ether oxygens (including phenoxy) is 1. The maximum atomic E-state index is 12.1. The van der Waals surface area contributed by atoms with Gasteiger partial charge in [-0.25, -0.2) is 13.2 Å². The second-order valence-corrected chi connectivity index (χ2v) is 6.26. The van der Waals surface area contributed by atoms with Gasteiger partial charge in [-0.2, -0.15) is 0 Å². The molecule has 116 valence electrons. The topological polar surface area (TPSA) is 83.5 Å². The molecule has 5 nitrogen and oxygen atoms in total. The molecule has 0 fully saturated rings. The molecule has 0 spiro atoms. The van der Waals surface area contributed by atoms with Crippen LogP contribution in [0.5, 0.6) is 5.75 Å². The molecule has 3 aromatic carbocycles. The minimum atomic E-state index is -4.62. The van der Waals surface area contributed by atoms with E-state index >= 15 is 0 Å². The van der Waals surface area contributed by atoms with Gasteiger partial charge in [-0.3, -0.25) is 0 Å². The lowest BCUT2D eigenvalue weighted by atomic mass is 10.1. The first-order chi connectivity index (χ1) is 10.9. The first kappa shape index (κ1) is 15.2. The summed E-state index contributed by atoms with van der Waals surface area (Å²) in [6.45, 7) is 0. The number of carbonyl (C=O) groups excluding carboxylic acids is 1. The average Bonchev–Trinajstić information content (AvgIpc) is 2.54. The second kappa shape index (κ2) is 5.83. The predicted octanol–water partition coefficient (Wildman–Crippen LogP) is 2.96. The Morgan fingerprint density at radius 3 is 2.35 bits per heavy atom. The molecule has 0 unspecified atom stereocenters. The van der Waals surface area contributed by atoms with Crippen LogP contribution in [-0.4, -0.2) is 18.9 Å². The van der Waals surface area contributed by atoms with Gasteiger partial charge in [0.15, 0.2) is 0 Å². The molecule has 0 N–H and O–H groups in total. The van der Waals surface area contributed by atoms with Crippen LogP contribution < -0.4 is 4.74 Å². The van der Waals surface area contributed by atoms with Gasteiger partial charge < -0.3 is 9.29 Å². The Bertz CT molecular complexity index is 993. The number of benzene rings is 3. The Morgan fingerprint density at radius 1 is 0.870 bits per heavy atom. The minimum absolute atomic E-state index is 0.00455. The van der Waals surface area contributed by atoms with Crippen LogP contribution in [0.2, 0.25) is 0 Å². The molecule has 0 aromatic heterocycles. The van der Waals surface area contributed by atoms with E-state index in [-0.39, 0.29) is 5.56 Å². The van der Waals surface area contributed by atoms with Crippen molar-refractivity contribution < 1.29 is 22.5 Å². The van der Waals surface area contributed by atoms with E-state index in [2.05, 4.69) is 0 Å². The van der Waals surface area contributed by atoms with Crippen molar-refractivity contribution in [3.05, 3.63) is 72.3 Å². The molecular formula is C17H11O5S-. The van der Waals surface area contributed by atoms with Crippen molar-refractivity contribution in [1.29, 1.82) is 0 Å². The summed E-state index contributed by atoms with van der Waals surface area (Å²) in [7, 11) is -4.62. The van der Waals surface area contributed by atoms with Crippen LogP contribution in [0, 0.1) is 0 Å². The van der Waals surface area contributed by atoms with E-state index in [1.165, 1.54) is 12.1 Å². The third-order valence-electron chi connectivity index (χ3n) is 3.29. The lowest BCUT2D eigenvalue weighted by Gasteiger charge is -2.09. The van der Waals surface area contributed by atoms with Crippen LogP contribution in [0.3, 0.4) is 0 Å². The predicted molar refractivity (Wildman–Crippen MR) is 83.3 cm³/mol. The highest BCUT2D eigenvalue weighted by Gasteiger charge is 2.11. The Hall–Kier alpha value is -2.70. The fourth-order valence-electron chi connectivity index (χ4n) is 2.18. The zero-order valence-electron chi connectivity index (χ0n) is 11.8. The highest BCUT2D eigenvalue weighted by atomic mass is 32.2. The van der Waals surface area contributed by atoms with Crippen LogP contribution in [0.4, 0.5) is 0 Å². The lowest BCUT2D eigenvalue weighted by molar-refractivity contribution is 0.0734. The average molecular weight is 327 g/mol. The van der Waals surface area contributed by atoms with Crippen molar-refractivity contribution in [3.63, 3.8) is 0 Å². The molecule has 0 aliphatic heterocycles. The van der Waals surface area contributed by atoms with Crippen molar-refractivity contribution in [2.45, 2.75) is 4.90 Å². The molecule has 0 saturated carbocycles. The minimum Gasteiger partial charge on any atom is -0.744 e. The van der Waals surface area contributed by atoms with Crippen LogP contribution in [0.15, 0.2) is 71.6 Å². The number of hydrogen-bond donors (Lipinski definition) is 0. The zero-order valence-corrected chi connectivity index (χ0v) is 12.6. The summed E-state index contributed by atoms with van der Waals surface area (Å²) in [5.41, 5.74) is -0.00455. The fourth-order valence-corrected chi connectivity index (χ4v) is 2.69. The highest BCUT2D eigenvalue weighted by Crippen LogP contribution is 2.22. The molecule has 0 amide bonds. The molecular weight excluding hydrogens is 316 g/mol. The Morgan fingerprint density at radius 2 is 1.61 bits per heavy atom. The molecule has 0 bridgehead atoms. The standard InChI is InChI=1S/C17H12O5S/c18-17(14-6-3-7-16(11-14)23(19,20)21)22-15-9-8-12-4-1-2-5-13(12)10-15/h1-11H,(H,19,20,21)/p-1. The molecule has 6 heteroatoms. The van der Waals surface area contributed by atoms with Gasteiger partial charge in [0.2, 0.25) is 0 Å². The largest absolute Gasteiger partial charge is 0.744 e. The smallest absolute Gasteiger partial charge is 0.343 e. The van der Waals surface area contributed by atoms with Crippen molar-refractivity contribution >= 4 is 26.9 Å². The normalized spacial score (nSPS) is 11.3. The number of fused-ring (bicyclic) bond motifs is 1. The summed E-state index contributed by atoms with van der Waals surface area (Å²) in [6.07, 6.45) is 0. The van der Waals surface area contributed by atoms with E-state index in [4.69, 9.17) is 4.74 Å². The first-order valence-electron chi connectivity index (χ1n) is 6.70. The SMILES string of the molecule is O=C(Oc1ccc2ccccc2c1)c1cccc(S(=O)(=O)[O-])c1. The molecule has 0 heterocycles. The van der Waals surface area contributed by atoms with Gasteiger partial charge >= 0.3 is 5.97 Å². The summed E-state index contributed by atoms with van der Waals surface area (Å²) in [6, 6.07) is 17.6. The molecule has 0 saturated heterocycles. The maximum absolute atomic E-state index is 12.1. The van der Waals surface area contributed by atoms with Gasteiger partial charge in [-0.1, -0.05) is 36.4 Å². The van der Waals surface area contributed by atoms with E-state index in [0.717, 1.165) is 22.9 Å². The maximum Gasteiger partial charge on any atom is 0.343 e. The molecule has 0 atom stereocenters. The third kappa shape index (κ3) is 3.39. The van der Waals surface area contributed by atoms with Gasteiger partial charge in [-0.15, -0.1) is 0 Å². The number of carbonyl (C=O) groups is 1. The van der Waals surface area contributed by atoms with E-state index in [1.807, 2.05) is 30.3 Å². The summed E-state index contributed by atoms with van der Waals surface area (Å²) in [4.78, 5) is 11.6. The number of rotatable bonds is 3. The van der Waals surface area contributed by atoms with Crippen LogP contribution in [-0.2, 0) is 10.1 Å². The molecule has 3 rings (SSSR count). The number of esters is 1. The monoisotopic (exact) mass is 327 g/mol. The van der Waals surface area contributed by atoms with Crippen molar-refractivity contribution in [2.24, 2.45) is 0 Å². The molecule has 0 radical (unpaired) electrons. The van der Waals surface area contributed by atoms with Gasteiger partial charge in [0, 0.05) is 0 Å². The van der Waals surface area contributed by atoms with Crippen LogP contribution >= 0.6 is 0 Å². The summed E-state index contributed by atoms with van der Waals surface area (Å²) >= 11 is 0. The molecule has 0 aliphatic rings. The summed E-state index contributed by atoms with van der Waals surface area (Å²) < 4.78 is 38.3. The molecule has 0 aliphatic carbocycles. The Kier molecular flexibility index (Phi) is 3.85. The zero-order chi connectivity index (χ0) is 16.4. The lowest BCUT2D eigenvalue weighted by Crippen LogP contribution is -2.09. The van der Waals surface area contributed by atoms with Crippen LogP contribution in [0.1, 0.15) is 10.4 Å². The van der Waals surface area contributed by atoms with E-state index in [0.29, 0.717) is 5.75 Å². The summed E-state index contributed by atoms with van der Waals surface area (Å²) in [5, 5.41) is 1.92. The highest BCUT2D eigenvalue weighted by molar-refractivity contribution is 7.85. The van der Waals surface area contributed by atoms with Gasteiger partial charge in [0.25, 0.3) is 0 Å². The molecule has 23 heavy (non-hydrogen) atoms. The van der Waals surface area contributed by atoms with E-state index in [9.17, 15) is 17.8 Å². The fraction of sp³-hybridized carbons (Fsp3) is 0. The van der Waals surface area contributed by atoms with E-state index < -0.39 is 21.0 Å². The Labute approximate surface area is 132 Å². The van der Waals surface area contributed by atoms with Crippen molar-refractivity contribution in [3.8, 4) is 5.75 Å². The Balaban J connectivity index is 1.88. The molecule has 3 aromatic rings. The first-order valence-corrected chi connectivity index (χ1v) is 8.11.